The largest absolute Gasteiger partial charge is 0.383 e. The Morgan fingerprint density at radius 1 is 1.05 bits per heavy atom. The second-order valence-electron chi connectivity index (χ2n) is 6.46. The molecule has 0 amide bonds. The molecule has 0 aliphatic heterocycles. The summed E-state index contributed by atoms with van der Waals surface area (Å²) in [4.78, 5) is 0. The Labute approximate surface area is 142 Å². The first-order valence-corrected chi connectivity index (χ1v) is 9.11. The lowest BCUT2D eigenvalue weighted by atomic mass is 10.0. The van der Waals surface area contributed by atoms with Crippen LogP contribution in [0, 0.1) is 0 Å². The van der Waals surface area contributed by atoms with E-state index in [-0.39, 0.29) is 0 Å². The Bertz CT molecular complexity index is 584. The van der Waals surface area contributed by atoms with Crippen molar-refractivity contribution in [2.75, 3.05) is 5.32 Å². The molecule has 2 heteroatoms. The molecule has 0 aromatic heterocycles. The van der Waals surface area contributed by atoms with Crippen molar-refractivity contribution >= 4 is 21.6 Å². The third-order valence-corrected chi connectivity index (χ3v) is 4.92. The van der Waals surface area contributed by atoms with Crippen LogP contribution in [0.3, 0.4) is 0 Å². The molecule has 2 aromatic rings. The zero-order valence-corrected chi connectivity index (χ0v) is 14.8. The molecule has 0 spiro atoms. The second kappa shape index (κ2) is 7.32. The number of halogens is 1. The van der Waals surface area contributed by atoms with Crippen molar-refractivity contribution in [3.8, 4) is 0 Å². The Morgan fingerprint density at radius 3 is 2.36 bits per heavy atom. The van der Waals surface area contributed by atoms with Gasteiger partial charge in [-0.05, 0) is 80.3 Å². The molecule has 1 fully saturated rings. The zero-order valence-electron chi connectivity index (χ0n) is 13.2. The second-order valence-corrected chi connectivity index (χ2v) is 7.38. The molecule has 1 N–H and O–H groups in total. The van der Waals surface area contributed by atoms with E-state index in [9.17, 15) is 0 Å². The quantitative estimate of drug-likeness (QED) is 0.626. The van der Waals surface area contributed by atoms with Gasteiger partial charge in [-0.15, -0.1) is 0 Å². The summed E-state index contributed by atoms with van der Waals surface area (Å²) in [5.74, 6) is 0.865. The van der Waals surface area contributed by atoms with Crippen molar-refractivity contribution in [2.24, 2.45) is 0 Å². The predicted molar refractivity (Wildman–Crippen MR) is 98.6 cm³/mol. The summed E-state index contributed by atoms with van der Waals surface area (Å²) in [5, 5.41) is 3.57. The van der Waals surface area contributed by atoms with Crippen LogP contribution in [-0.2, 0) is 6.42 Å². The first-order chi connectivity index (χ1) is 10.7. The Kier molecular flexibility index (Phi) is 5.20. The minimum atomic E-state index is 0.506. The zero-order chi connectivity index (χ0) is 15.4. The van der Waals surface area contributed by atoms with Gasteiger partial charge in [-0.3, -0.25) is 0 Å². The van der Waals surface area contributed by atoms with E-state index in [0.29, 0.717) is 6.04 Å². The molecule has 0 bridgehead atoms. The third-order valence-electron chi connectivity index (χ3n) is 4.39. The molecule has 1 unspecified atom stereocenters. The van der Waals surface area contributed by atoms with Crippen molar-refractivity contribution in [2.45, 2.75) is 51.0 Å². The van der Waals surface area contributed by atoms with Crippen LogP contribution in [-0.4, -0.2) is 6.04 Å². The molecule has 1 aliphatic carbocycles. The van der Waals surface area contributed by atoms with E-state index in [1.807, 2.05) is 0 Å². The smallest absolute Gasteiger partial charge is 0.0342 e. The lowest BCUT2D eigenvalue weighted by Crippen LogP contribution is -2.15. The van der Waals surface area contributed by atoms with E-state index < -0.39 is 0 Å². The topological polar surface area (TPSA) is 12.0 Å². The van der Waals surface area contributed by atoms with Crippen LogP contribution in [0.5, 0.6) is 0 Å². The highest BCUT2D eigenvalue weighted by atomic mass is 79.9. The average molecular weight is 358 g/mol. The third kappa shape index (κ3) is 4.61. The molecule has 0 radical (unpaired) electrons. The van der Waals surface area contributed by atoms with Gasteiger partial charge in [0, 0.05) is 16.2 Å². The van der Waals surface area contributed by atoms with Crippen LogP contribution in [0.15, 0.2) is 53.0 Å². The average Bonchev–Trinajstić information content (AvgIpc) is 3.35. The van der Waals surface area contributed by atoms with Crippen molar-refractivity contribution < 1.29 is 0 Å². The fourth-order valence-corrected chi connectivity index (χ4v) is 3.15. The van der Waals surface area contributed by atoms with Gasteiger partial charge in [0.2, 0.25) is 0 Å². The molecular weight excluding hydrogens is 334 g/mol. The van der Waals surface area contributed by atoms with Crippen LogP contribution in [0.25, 0.3) is 0 Å². The van der Waals surface area contributed by atoms with Gasteiger partial charge in [-0.25, -0.2) is 0 Å². The molecule has 0 saturated heterocycles. The van der Waals surface area contributed by atoms with Gasteiger partial charge >= 0.3 is 0 Å². The lowest BCUT2D eigenvalue weighted by molar-refractivity contribution is 0.655. The Balaban J connectivity index is 1.40. The highest BCUT2D eigenvalue weighted by Crippen LogP contribution is 2.39. The van der Waals surface area contributed by atoms with Gasteiger partial charge in [-0.1, -0.05) is 40.2 Å². The number of anilines is 1. The van der Waals surface area contributed by atoms with Crippen LogP contribution < -0.4 is 5.32 Å². The van der Waals surface area contributed by atoms with Crippen LogP contribution in [0.2, 0.25) is 0 Å². The van der Waals surface area contributed by atoms with Gasteiger partial charge in [-0.2, -0.15) is 0 Å². The summed E-state index contributed by atoms with van der Waals surface area (Å²) >= 11 is 3.47. The summed E-state index contributed by atoms with van der Waals surface area (Å²) in [5.41, 5.74) is 4.21. The number of benzene rings is 2. The Morgan fingerprint density at radius 2 is 1.73 bits per heavy atom. The lowest BCUT2D eigenvalue weighted by Gasteiger charge is -2.15. The van der Waals surface area contributed by atoms with Crippen molar-refractivity contribution in [1.29, 1.82) is 0 Å². The minimum absolute atomic E-state index is 0.506. The number of rotatable bonds is 7. The van der Waals surface area contributed by atoms with Gasteiger partial charge in [0.25, 0.3) is 0 Å². The van der Waals surface area contributed by atoms with Crippen molar-refractivity contribution in [3.63, 3.8) is 0 Å². The fourth-order valence-electron chi connectivity index (χ4n) is 2.89. The van der Waals surface area contributed by atoms with E-state index in [1.165, 1.54) is 48.9 Å². The summed E-state index contributed by atoms with van der Waals surface area (Å²) in [6.07, 6.45) is 6.38. The normalized spacial score (nSPS) is 15.5. The summed E-state index contributed by atoms with van der Waals surface area (Å²) in [6, 6.07) is 18.2. The van der Waals surface area contributed by atoms with E-state index in [0.717, 1.165) is 10.4 Å². The molecule has 0 heterocycles. The van der Waals surface area contributed by atoms with Gasteiger partial charge in [0.05, 0.1) is 0 Å². The van der Waals surface area contributed by atoms with Gasteiger partial charge in [0.15, 0.2) is 0 Å². The minimum Gasteiger partial charge on any atom is -0.383 e. The van der Waals surface area contributed by atoms with E-state index >= 15 is 0 Å². The Hall–Kier alpha value is -1.28. The molecule has 1 saturated carbocycles. The molecular formula is C20H24BrN. The van der Waals surface area contributed by atoms with Crippen LogP contribution >= 0.6 is 15.9 Å². The SMILES string of the molecule is CC(CCCc1ccc(C2CC2)cc1)Nc1ccc(Br)cc1. The van der Waals surface area contributed by atoms with Crippen molar-refractivity contribution in [1.82, 2.24) is 0 Å². The fraction of sp³-hybridized carbons (Fsp3) is 0.400. The number of nitrogens with one attached hydrogen (secondary N) is 1. The highest BCUT2D eigenvalue weighted by Gasteiger charge is 2.22. The summed E-state index contributed by atoms with van der Waals surface area (Å²) in [6.45, 7) is 2.26. The maximum atomic E-state index is 3.57. The van der Waals surface area contributed by atoms with E-state index in [2.05, 4.69) is 76.7 Å². The first kappa shape index (κ1) is 15.6. The maximum absolute atomic E-state index is 3.57. The van der Waals surface area contributed by atoms with E-state index in [1.54, 1.807) is 0 Å². The highest BCUT2D eigenvalue weighted by molar-refractivity contribution is 9.10. The molecule has 3 rings (SSSR count). The molecule has 116 valence electrons. The molecule has 2 aromatic carbocycles. The molecule has 1 aliphatic rings. The van der Waals surface area contributed by atoms with Crippen molar-refractivity contribution in [3.05, 3.63) is 64.1 Å². The predicted octanol–water partition coefficient (Wildman–Crippen LogP) is 6.15. The number of aryl methyl sites for hydroxylation is 1. The summed E-state index contributed by atoms with van der Waals surface area (Å²) < 4.78 is 1.13. The van der Waals surface area contributed by atoms with Gasteiger partial charge in [0.1, 0.15) is 0 Å². The molecule has 1 atom stereocenters. The standard InChI is InChI=1S/C20H24BrN/c1-15(22-20-13-11-19(21)12-14-20)3-2-4-16-5-7-17(8-6-16)18-9-10-18/h5-8,11-15,18,22H,2-4,9-10H2,1H3. The van der Waals surface area contributed by atoms with E-state index in [4.69, 9.17) is 0 Å². The maximum Gasteiger partial charge on any atom is 0.0342 e. The monoisotopic (exact) mass is 357 g/mol. The number of hydrogen-bond donors (Lipinski definition) is 1. The summed E-state index contributed by atoms with van der Waals surface area (Å²) in [7, 11) is 0. The van der Waals surface area contributed by atoms with Crippen LogP contribution in [0.1, 0.15) is 49.7 Å². The molecule has 22 heavy (non-hydrogen) atoms. The molecule has 1 nitrogen and oxygen atoms in total. The van der Waals surface area contributed by atoms with Gasteiger partial charge < -0.3 is 5.32 Å². The first-order valence-electron chi connectivity index (χ1n) is 8.31. The number of hydrogen-bond acceptors (Lipinski definition) is 1. The van der Waals surface area contributed by atoms with Crippen LogP contribution in [0.4, 0.5) is 5.69 Å².